The lowest BCUT2D eigenvalue weighted by molar-refractivity contribution is 0.148. The first kappa shape index (κ1) is 18.9. The number of nitrogens with zero attached hydrogens (tertiary/aromatic N) is 7. The summed E-state index contributed by atoms with van der Waals surface area (Å²) >= 11 is 0. The summed E-state index contributed by atoms with van der Waals surface area (Å²) in [5.41, 5.74) is 4.77. The van der Waals surface area contributed by atoms with Crippen LogP contribution in [0.3, 0.4) is 0 Å². The molecule has 4 aromatic rings. The number of imidazole rings is 1. The molecule has 1 aliphatic rings. The molecule has 154 valence electrons. The van der Waals surface area contributed by atoms with Crippen molar-refractivity contribution in [2.24, 2.45) is 0 Å². The molecule has 5 rings (SSSR count). The number of likely N-dealkylation sites (tertiary alicyclic amines) is 1. The average Bonchev–Trinajstić information content (AvgIpc) is 3.11. The second kappa shape index (κ2) is 6.98. The van der Waals surface area contributed by atoms with Gasteiger partial charge in [0, 0.05) is 12.6 Å². The lowest BCUT2D eigenvalue weighted by Crippen LogP contribution is -2.41. The minimum Gasteiger partial charge on any atom is -0.304 e. The van der Waals surface area contributed by atoms with Crippen molar-refractivity contribution in [3.05, 3.63) is 52.2 Å². The van der Waals surface area contributed by atoms with Gasteiger partial charge in [-0.05, 0) is 64.4 Å². The number of aromatic nitrogens is 6. The van der Waals surface area contributed by atoms with Crippen molar-refractivity contribution in [3.63, 3.8) is 0 Å². The SMILES string of the molecule is Cc1cn2nc(-c3ccc4c(=O)n([C@H]5CCN(C)[C@H](C)C5)ncc4n3)cc(C)c2n1. The third-order valence-electron chi connectivity index (χ3n) is 6.19. The van der Waals surface area contributed by atoms with Crippen LogP contribution in [0.15, 0.2) is 35.4 Å². The largest absolute Gasteiger partial charge is 0.304 e. The summed E-state index contributed by atoms with van der Waals surface area (Å²) in [6.45, 7) is 7.12. The van der Waals surface area contributed by atoms with Crippen molar-refractivity contribution in [2.45, 2.75) is 45.7 Å². The number of pyridine rings is 1. The highest BCUT2D eigenvalue weighted by atomic mass is 16.1. The van der Waals surface area contributed by atoms with Crippen molar-refractivity contribution < 1.29 is 0 Å². The normalized spacial score (nSPS) is 20.3. The second-order valence-electron chi connectivity index (χ2n) is 8.39. The summed E-state index contributed by atoms with van der Waals surface area (Å²) in [5, 5.41) is 9.72. The van der Waals surface area contributed by atoms with Gasteiger partial charge in [0.25, 0.3) is 5.56 Å². The van der Waals surface area contributed by atoms with Gasteiger partial charge in [0.2, 0.25) is 0 Å². The predicted molar refractivity (Wildman–Crippen MR) is 116 cm³/mol. The predicted octanol–water partition coefficient (Wildman–Crippen LogP) is 2.77. The van der Waals surface area contributed by atoms with E-state index in [1.807, 2.05) is 38.2 Å². The Balaban J connectivity index is 1.55. The van der Waals surface area contributed by atoms with Gasteiger partial charge in [0.15, 0.2) is 5.65 Å². The van der Waals surface area contributed by atoms with E-state index in [1.165, 1.54) is 0 Å². The minimum absolute atomic E-state index is 0.0712. The molecule has 5 heterocycles. The summed E-state index contributed by atoms with van der Waals surface area (Å²) < 4.78 is 3.43. The molecule has 8 heteroatoms. The first-order valence-electron chi connectivity index (χ1n) is 10.3. The highest BCUT2D eigenvalue weighted by Gasteiger charge is 2.26. The molecule has 0 saturated carbocycles. The molecule has 2 atom stereocenters. The summed E-state index contributed by atoms with van der Waals surface area (Å²) in [6, 6.07) is 6.25. The van der Waals surface area contributed by atoms with Crippen LogP contribution in [0.2, 0.25) is 0 Å². The quantitative estimate of drug-likeness (QED) is 0.512. The smallest absolute Gasteiger partial charge is 0.276 e. The van der Waals surface area contributed by atoms with Crippen LogP contribution in [0.4, 0.5) is 0 Å². The zero-order valence-electron chi connectivity index (χ0n) is 17.7. The molecule has 0 amide bonds. The van der Waals surface area contributed by atoms with E-state index < -0.39 is 0 Å². The fourth-order valence-corrected chi connectivity index (χ4v) is 4.31. The minimum atomic E-state index is -0.0712. The van der Waals surface area contributed by atoms with E-state index in [-0.39, 0.29) is 11.6 Å². The van der Waals surface area contributed by atoms with E-state index in [4.69, 9.17) is 4.98 Å². The van der Waals surface area contributed by atoms with E-state index in [1.54, 1.807) is 15.4 Å². The molecule has 30 heavy (non-hydrogen) atoms. The molecule has 0 unspecified atom stereocenters. The third-order valence-corrected chi connectivity index (χ3v) is 6.19. The maximum Gasteiger partial charge on any atom is 0.276 e. The molecule has 8 nitrogen and oxygen atoms in total. The van der Waals surface area contributed by atoms with Crippen LogP contribution >= 0.6 is 0 Å². The van der Waals surface area contributed by atoms with E-state index in [0.29, 0.717) is 22.6 Å². The number of aryl methyl sites for hydroxylation is 2. The Bertz CT molecular complexity index is 1320. The number of hydrogen-bond donors (Lipinski definition) is 0. The molecule has 4 aromatic heterocycles. The fourth-order valence-electron chi connectivity index (χ4n) is 4.31. The fraction of sp³-hybridized carbons (Fsp3) is 0.409. The summed E-state index contributed by atoms with van der Waals surface area (Å²) in [5.74, 6) is 0. The Kier molecular flexibility index (Phi) is 4.39. The van der Waals surface area contributed by atoms with Crippen molar-refractivity contribution in [3.8, 4) is 11.4 Å². The van der Waals surface area contributed by atoms with E-state index in [9.17, 15) is 4.79 Å². The van der Waals surface area contributed by atoms with Gasteiger partial charge in [-0.25, -0.2) is 19.2 Å². The lowest BCUT2D eigenvalue weighted by atomic mass is 9.99. The molecule has 0 radical (unpaired) electrons. The summed E-state index contributed by atoms with van der Waals surface area (Å²) in [6.07, 6.45) is 5.46. The van der Waals surface area contributed by atoms with Gasteiger partial charge in [-0.15, -0.1) is 0 Å². The Morgan fingerprint density at radius 2 is 1.97 bits per heavy atom. The van der Waals surface area contributed by atoms with Crippen LogP contribution < -0.4 is 5.56 Å². The zero-order valence-corrected chi connectivity index (χ0v) is 17.7. The molecule has 0 spiro atoms. The Morgan fingerprint density at radius 1 is 1.13 bits per heavy atom. The average molecular weight is 403 g/mol. The van der Waals surface area contributed by atoms with Gasteiger partial charge in [-0.3, -0.25) is 4.79 Å². The van der Waals surface area contributed by atoms with E-state index >= 15 is 0 Å². The Hall–Kier alpha value is -3.13. The molecule has 0 bridgehead atoms. The molecular formula is C22H25N7O. The topological polar surface area (TPSA) is 81.2 Å². The number of hydrogen-bond acceptors (Lipinski definition) is 6. The standard InChI is InChI=1S/C22H25N7O/c1-13-9-19(26-28-12-14(2)24-21(13)28)18-6-5-17-20(25-18)11-23-29(22(17)30)16-7-8-27(4)15(3)10-16/h5-6,9,11-12,15-16H,7-8,10H2,1-4H3/t15-,16+/m1/s1. The molecule has 1 aliphatic heterocycles. The molecule has 1 saturated heterocycles. The third kappa shape index (κ3) is 3.08. The Morgan fingerprint density at radius 3 is 2.77 bits per heavy atom. The van der Waals surface area contributed by atoms with Crippen molar-refractivity contribution >= 4 is 16.6 Å². The monoisotopic (exact) mass is 403 g/mol. The molecule has 1 fully saturated rings. The van der Waals surface area contributed by atoms with Gasteiger partial charge >= 0.3 is 0 Å². The number of piperidine rings is 1. The second-order valence-corrected chi connectivity index (χ2v) is 8.39. The van der Waals surface area contributed by atoms with Crippen LogP contribution in [0, 0.1) is 13.8 Å². The maximum absolute atomic E-state index is 13.1. The van der Waals surface area contributed by atoms with Crippen LogP contribution in [-0.2, 0) is 0 Å². The Labute approximate surface area is 174 Å². The van der Waals surface area contributed by atoms with Gasteiger partial charge in [0.1, 0.15) is 5.69 Å². The van der Waals surface area contributed by atoms with Gasteiger partial charge in [-0.2, -0.15) is 10.2 Å². The zero-order chi connectivity index (χ0) is 21.0. The number of fused-ring (bicyclic) bond motifs is 2. The van der Waals surface area contributed by atoms with Crippen molar-refractivity contribution in [1.82, 2.24) is 34.3 Å². The first-order chi connectivity index (χ1) is 14.4. The highest BCUT2D eigenvalue weighted by Crippen LogP contribution is 2.25. The van der Waals surface area contributed by atoms with Gasteiger partial charge < -0.3 is 4.90 Å². The van der Waals surface area contributed by atoms with Crippen molar-refractivity contribution in [2.75, 3.05) is 13.6 Å². The lowest BCUT2D eigenvalue weighted by Gasteiger charge is -2.35. The van der Waals surface area contributed by atoms with Gasteiger partial charge in [-0.1, -0.05) is 0 Å². The summed E-state index contributed by atoms with van der Waals surface area (Å²) in [4.78, 5) is 24.6. The van der Waals surface area contributed by atoms with Crippen LogP contribution in [0.1, 0.15) is 37.1 Å². The number of rotatable bonds is 2. The molecule has 0 aromatic carbocycles. The van der Waals surface area contributed by atoms with Crippen LogP contribution in [-0.4, -0.2) is 53.9 Å². The maximum atomic E-state index is 13.1. The van der Waals surface area contributed by atoms with Crippen LogP contribution in [0.25, 0.3) is 27.9 Å². The van der Waals surface area contributed by atoms with Crippen LogP contribution in [0.5, 0.6) is 0 Å². The summed E-state index contributed by atoms with van der Waals surface area (Å²) in [7, 11) is 2.13. The molecule has 0 aliphatic carbocycles. The van der Waals surface area contributed by atoms with E-state index in [0.717, 1.165) is 42.0 Å². The van der Waals surface area contributed by atoms with Gasteiger partial charge in [0.05, 0.1) is 40.7 Å². The molecule has 0 N–H and O–H groups in total. The first-order valence-corrected chi connectivity index (χ1v) is 10.3. The molecular weight excluding hydrogens is 378 g/mol. The van der Waals surface area contributed by atoms with E-state index in [2.05, 4.69) is 34.1 Å². The highest BCUT2D eigenvalue weighted by molar-refractivity contribution is 5.79. The van der Waals surface area contributed by atoms with Crippen molar-refractivity contribution in [1.29, 1.82) is 0 Å².